The van der Waals surface area contributed by atoms with E-state index in [9.17, 15) is 42.7 Å². The van der Waals surface area contributed by atoms with Crippen LogP contribution >= 0.6 is 0 Å². The number of rotatable bonds is 4. The zero-order valence-electron chi connectivity index (χ0n) is 87.0. The van der Waals surface area contributed by atoms with Crippen molar-refractivity contribution >= 4 is 46.5 Å². The van der Waals surface area contributed by atoms with Crippen molar-refractivity contribution in [2.45, 2.75) is 220 Å². The number of hydrogen-bond acceptors (Lipinski definition) is 14. The van der Waals surface area contributed by atoms with Gasteiger partial charge in [0.15, 0.2) is 34.7 Å². The van der Waals surface area contributed by atoms with Crippen molar-refractivity contribution in [2.75, 3.05) is 14.1 Å². The van der Waals surface area contributed by atoms with Gasteiger partial charge in [-0.2, -0.15) is 30.6 Å². The van der Waals surface area contributed by atoms with E-state index in [0.29, 0.717) is 17.0 Å². The van der Waals surface area contributed by atoms with E-state index in [-0.39, 0.29) is 151 Å². The summed E-state index contributed by atoms with van der Waals surface area (Å²) in [6.45, 7) is 76.3. The lowest BCUT2D eigenvalue weighted by Crippen LogP contribution is -2.50. The Hall–Kier alpha value is -15.1. The molecule has 742 valence electrons. The van der Waals surface area contributed by atoms with E-state index in [1.165, 1.54) is 44.8 Å². The zero-order chi connectivity index (χ0) is 105. The van der Waals surface area contributed by atoms with Gasteiger partial charge in [0.25, 0.3) is 11.8 Å². The SMILES string of the molecule is [C-]#[N+]C1=C[C@]2(C)c3c(c(C)nn3C)CC[C@H]2[C@H](C)C1=O.[C-]#[N+]C1=C[C@]2(C)c3nn(C(=O)c4ccccc4)cc3CC[C@H]2C(C)(C)C1=O.[C-]#[N+]C1=C[C@]2(C)c3nn(C)c(-c4cccc(C)c4)c3CC[C@H]2[C@H](C)C1=O.[C-]#[N+]C1=C[C@]2(C)c3nn(C)c(-c4cccc(F)c4)c3CC[C@H]2[C@H](C)C1=O.[C-]#[N+]C1=C[C@]2(C)c3nn(C)c(C#C)c3CC[C@H]2C(C)(C)C1=O.[C-]#[N+]C1=C[C@]2(C)c3nn(C)c(C(=O)N(C)C)c3CC[C@H]2[C@H](C)C1=O. The van der Waals surface area contributed by atoms with Gasteiger partial charge in [0.1, 0.15) is 17.2 Å². The minimum absolute atomic E-state index is 0.00446. The quantitative estimate of drug-likeness (QED) is 0.117. The van der Waals surface area contributed by atoms with Crippen LogP contribution in [0.2, 0.25) is 0 Å². The molecule has 3 aromatic carbocycles. The summed E-state index contributed by atoms with van der Waals surface area (Å²) >= 11 is 0. The molecule has 0 N–H and O–H groups in total. The number of amides is 1. The summed E-state index contributed by atoms with van der Waals surface area (Å²) in [6.07, 6.45) is 28.8. The monoisotopic (exact) mass is 1940 g/mol. The second-order valence-electron chi connectivity index (χ2n) is 44.1. The summed E-state index contributed by atoms with van der Waals surface area (Å²) < 4.78 is 24.3. The van der Waals surface area contributed by atoms with Crippen LogP contribution in [0.5, 0.6) is 0 Å². The highest BCUT2D eigenvalue weighted by atomic mass is 19.1. The number of carbonyl (C=O) groups excluding carboxylic acids is 8. The predicted octanol–water partition coefficient (Wildman–Crippen LogP) is 19.3. The van der Waals surface area contributed by atoms with Crippen LogP contribution in [-0.2, 0) is 135 Å². The molecule has 0 radical (unpaired) electrons. The van der Waals surface area contributed by atoms with Gasteiger partial charge < -0.3 is 33.7 Å². The Labute approximate surface area is 848 Å². The van der Waals surface area contributed by atoms with E-state index in [2.05, 4.69) is 114 Å². The van der Waals surface area contributed by atoms with Crippen LogP contribution < -0.4 is 0 Å². The van der Waals surface area contributed by atoms with Crippen LogP contribution in [0.4, 0.5) is 4.39 Å². The Morgan fingerprint density at radius 3 is 1.24 bits per heavy atom. The van der Waals surface area contributed by atoms with Crippen molar-refractivity contribution in [2.24, 2.45) is 105 Å². The maximum atomic E-state index is 13.7. The van der Waals surface area contributed by atoms with Crippen molar-refractivity contribution in [3.63, 3.8) is 0 Å². The Balaban J connectivity index is 0.000000125. The average molecular weight is 1940 g/mol. The summed E-state index contributed by atoms with van der Waals surface area (Å²) in [7, 11) is 12.9. The lowest BCUT2D eigenvalue weighted by Gasteiger charge is -2.49. The highest BCUT2D eigenvalue weighted by Gasteiger charge is 2.60. The molecule has 21 rings (SSSR count). The van der Waals surface area contributed by atoms with Crippen LogP contribution in [0, 0.1) is 141 Å². The second-order valence-corrected chi connectivity index (χ2v) is 44.1. The summed E-state index contributed by atoms with van der Waals surface area (Å²) in [5.74, 6) is 2.19. The van der Waals surface area contributed by atoms with Gasteiger partial charge in [0.05, 0.1) is 90.7 Å². The summed E-state index contributed by atoms with van der Waals surface area (Å²) in [5.41, 5.74) is 18.5. The van der Waals surface area contributed by atoms with E-state index in [1.807, 2.05) is 162 Å². The molecule has 1 amide bonds. The number of benzene rings is 3. The first-order valence-electron chi connectivity index (χ1n) is 49.8. The molecule has 16 atom stereocenters. The van der Waals surface area contributed by atoms with Crippen molar-refractivity contribution in [1.82, 2.24) is 63.6 Å². The molecule has 12 aliphatic carbocycles. The molecule has 28 heteroatoms. The minimum atomic E-state index is -0.631. The van der Waals surface area contributed by atoms with Crippen LogP contribution in [0.1, 0.15) is 241 Å². The average Bonchev–Trinajstić information content (AvgIpc) is 1.58. The first-order chi connectivity index (χ1) is 68.4. The summed E-state index contributed by atoms with van der Waals surface area (Å²) in [4.78, 5) is 123. The molecule has 27 nitrogen and oxygen atoms in total. The number of hydrogen-bond donors (Lipinski definition) is 0. The zero-order valence-corrected chi connectivity index (χ0v) is 87.0. The maximum Gasteiger partial charge on any atom is 0.278 e. The lowest BCUT2D eigenvalue weighted by molar-refractivity contribution is -0.129. The Morgan fingerprint density at radius 2 is 0.800 bits per heavy atom. The topological polar surface area (TPSA) is 273 Å². The highest BCUT2D eigenvalue weighted by molar-refractivity contribution is 6.05. The van der Waals surface area contributed by atoms with Gasteiger partial charge in [-0.15, -0.1) is 6.42 Å². The smallest absolute Gasteiger partial charge is 0.278 e. The molecule has 0 aliphatic heterocycles. The molecule has 6 heterocycles. The third-order valence-corrected chi connectivity index (χ3v) is 34.7. The number of aromatic nitrogens is 12. The number of ketones is 6. The molecule has 145 heavy (non-hydrogen) atoms. The number of carbonyl (C=O) groups is 8. The number of aryl methyl sites for hydroxylation is 8. The molecule has 9 aromatic rings. The Kier molecular flexibility index (Phi) is 26.7. The van der Waals surface area contributed by atoms with Crippen molar-refractivity contribution < 1.29 is 42.7 Å². The van der Waals surface area contributed by atoms with Crippen molar-refractivity contribution in [3.05, 3.63) is 326 Å². The molecule has 0 fully saturated rings. The molecule has 6 aromatic heterocycles. The first-order valence-corrected chi connectivity index (χ1v) is 49.8. The molecular weight excluding hydrogens is 1820 g/mol. The standard InChI is InChI=1S/C22H21N3O2.C22H23N3O.C21H20FN3O.C18H22N4O2.C18H19N3O.C16H19N3O/c1-21(2)17-11-10-15-13-25(20(27)14-8-6-5-7-9-14)24-18(15)22(17,3)12-16(23-4)19(21)26;1-13-7-6-8-15(11-13)19-16-9-10-17-14(2)20(26)18(23-4)12-22(17,3)21(16)24-25(19)5;1-12-16-9-8-15-18(13-6-5-7-14(22)10-13)25(4)24-20(15)21(16,2)11-17(23-3)19(12)26;1-10-12-8-7-11-14(17(24)21(4)5)22(6)20-16(11)18(12,2)9-13(19-3)15(10)23;1-7-13-11-8-9-14-17(2,3)16(22)12(19-5)10-18(14,4)15(11)20-21(13)6;1-9-12-7-6-11-10(2)18-19(5)15(11)16(12,3)8-13(17-4)14(9)20/h5-9,12-13,17H,10-11H2,1-3H3;6-8,11-12,14,17H,9-10H2,1-3,5H3;5-7,10-12,16H,8-9H2,1-2,4H3;9-10,12H,7-8H2,1-2,4-6H3;1,10,14H,8-9H2,2-4,6H3;8-9,12H,6-7H2,1-3,5H3/t17-,22-;14-,17-,22-;12-,16-,21-;10-,12-,18-;14-,18-;9-,12-,16-/m000000/s1. The highest BCUT2D eigenvalue weighted by Crippen LogP contribution is 2.60. The van der Waals surface area contributed by atoms with Crippen LogP contribution in [0.3, 0.4) is 0 Å². The fourth-order valence-corrected chi connectivity index (χ4v) is 27.5. The van der Waals surface area contributed by atoms with Gasteiger partial charge in [0.2, 0.25) is 34.2 Å². The van der Waals surface area contributed by atoms with Crippen molar-refractivity contribution in [1.29, 1.82) is 0 Å². The summed E-state index contributed by atoms with van der Waals surface area (Å²) in [6, 6.07) is 24.1. The molecule has 0 unspecified atom stereocenters. The number of fused-ring (bicyclic) bond motifs is 18. The van der Waals surface area contributed by atoms with Gasteiger partial charge >= 0.3 is 0 Å². The van der Waals surface area contributed by atoms with E-state index < -0.39 is 32.5 Å². The molecule has 0 spiro atoms. The van der Waals surface area contributed by atoms with Gasteiger partial charge in [-0.3, -0.25) is 33.0 Å². The van der Waals surface area contributed by atoms with E-state index in [4.69, 9.17) is 56.1 Å². The fraction of sp³-hybridized carbons (Fsp3) is 0.453. The van der Waals surface area contributed by atoms with Crippen LogP contribution in [0.15, 0.2) is 156 Å². The maximum absolute atomic E-state index is 13.7. The molecule has 0 bridgehead atoms. The molecule has 12 aliphatic rings. The second kappa shape index (κ2) is 37.6. The Bertz CT molecular complexity index is 7410. The molecular formula is C117H124FN19O8. The normalized spacial score (nSPS) is 28.1. The van der Waals surface area contributed by atoms with Gasteiger partial charge in [0, 0.05) is 161 Å². The fourth-order valence-electron chi connectivity index (χ4n) is 27.5. The van der Waals surface area contributed by atoms with Crippen molar-refractivity contribution in [3.8, 4) is 34.9 Å². The number of Topliss-reactive ketones (excluding diaryl/α,β-unsaturated/α-hetero) is 6. The molecule has 0 saturated carbocycles. The predicted molar refractivity (Wildman–Crippen MR) is 548 cm³/mol. The number of nitrogens with zero attached hydrogens (tertiary/aromatic N) is 19. The first kappa shape index (κ1) is 103. The van der Waals surface area contributed by atoms with Crippen LogP contribution in [0.25, 0.3) is 51.6 Å². The van der Waals surface area contributed by atoms with Crippen LogP contribution in [-0.4, -0.2) is 124 Å². The third kappa shape index (κ3) is 16.5. The number of terminal acetylenes is 1. The molecule has 0 saturated heterocycles. The number of halogens is 1. The van der Waals surface area contributed by atoms with Gasteiger partial charge in [-0.05, 0) is 168 Å². The Morgan fingerprint density at radius 1 is 0.421 bits per heavy atom. The van der Waals surface area contributed by atoms with E-state index in [0.717, 1.165) is 156 Å². The largest absolute Gasteiger partial charge is 0.343 e. The summed E-state index contributed by atoms with van der Waals surface area (Å²) in [5, 5.41) is 28.2. The third-order valence-electron chi connectivity index (χ3n) is 34.7. The van der Waals surface area contributed by atoms with E-state index in [1.54, 1.807) is 76.6 Å². The van der Waals surface area contributed by atoms with Gasteiger partial charge in [-0.25, -0.2) is 38.1 Å². The lowest BCUT2D eigenvalue weighted by atomic mass is 9.53. The number of allylic oxidation sites excluding steroid dienone is 12. The van der Waals surface area contributed by atoms with E-state index >= 15 is 0 Å². The minimum Gasteiger partial charge on any atom is -0.343 e. The van der Waals surface area contributed by atoms with Gasteiger partial charge in [-0.1, -0.05) is 193 Å².